The lowest BCUT2D eigenvalue weighted by Crippen LogP contribution is -2.30. The van der Waals surface area contributed by atoms with Gasteiger partial charge in [0.15, 0.2) is 0 Å². The summed E-state index contributed by atoms with van der Waals surface area (Å²) in [6, 6.07) is 9.78. The Hall–Kier alpha value is -0.510. The lowest BCUT2D eigenvalue weighted by atomic mass is 9.99. The average Bonchev–Trinajstić information content (AvgIpc) is 2.48. The minimum atomic E-state index is 0.582. The highest BCUT2D eigenvalue weighted by Gasteiger charge is 2.09. The first kappa shape index (κ1) is 18.5. The normalized spacial score (nSPS) is 14.4. The molecule has 1 N–H and O–H groups in total. The molecule has 0 amide bonds. The monoisotopic (exact) mass is 308 g/mol. The Kier molecular flexibility index (Phi) is 9.05. The van der Waals surface area contributed by atoms with Gasteiger partial charge < -0.3 is 5.32 Å². The predicted molar refractivity (Wildman–Crippen MR) is 97.3 cm³/mol. The predicted octanol–water partition coefficient (Wildman–Crippen LogP) is 3.97. The number of nitrogens with one attached hydrogen (secondary N) is 1. The van der Waals surface area contributed by atoms with Gasteiger partial charge in [0.1, 0.15) is 0 Å². The number of hydrogen-bond acceptors (Lipinski definition) is 3. The van der Waals surface area contributed by atoms with Crippen LogP contribution in [0.5, 0.6) is 0 Å². The van der Waals surface area contributed by atoms with Crippen LogP contribution in [-0.2, 0) is 6.54 Å². The van der Waals surface area contributed by atoms with Gasteiger partial charge >= 0.3 is 0 Å². The molecule has 120 valence electrons. The fourth-order valence-electron chi connectivity index (χ4n) is 2.38. The van der Waals surface area contributed by atoms with Crippen LogP contribution >= 0.6 is 11.8 Å². The van der Waals surface area contributed by atoms with Gasteiger partial charge in [0, 0.05) is 24.9 Å². The number of benzene rings is 1. The molecule has 0 fully saturated rings. The Morgan fingerprint density at radius 3 is 2.43 bits per heavy atom. The van der Waals surface area contributed by atoms with E-state index in [0.29, 0.717) is 12.0 Å². The summed E-state index contributed by atoms with van der Waals surface area (Å²) in [6.45, 7) is 10.0. The summed E-state index contributed by atoms with van der Waals surface area (Å²) in [7, 11) is 2.21. The van der Waals surface area contributed by atoms with Gasteiger partial charge in [0.2, 0.25) is 0 Å². The highest BCUT2D eigenvalue weighted by molar-refractivity contribution is 7.98. The van der Waals surface area contributed by atoms with Crippen LogP contribution in [-0.4, -0.2) is 43.1 Å². The molecule has 0 saturated heterocycles. The minimum absolute atomic E-state index is 0.582. The first-order valence-electron chi connectivity index (χ1n) is 8.07. The van der Waals surface area contributed by atoms with Gasteiger partial charge in [-0.3, -0.25) is 4.90 Å². The maximum absolute atomic E-state index is 3.50. The Labute approximate surface area is 135 Å². The van der Waals surface area contributed by atoms with Crippen molar-refractivity contribution < 1.29 is 0 Å². The van der Waals surface area contributed by atoms with E-state index in [1.54, 1.807) is 0 Å². The molecule has 2 atom stereocenters. The van der Waals surface area contributed by atoms with E-state index >= 15 is 0 Å². The fourth-order valence-corrected chi connectivity index (χ4v) is 3.11. The standard InChI is InChI=1S/C18H32N2S/c1-6-11-19-12-15(2)18-9-7-17(8-10-18)13-20(4)16(3)14-21-5/h7-10,15-16,19H,6,11-14H2,1-5H3. The van der Waals surface area contributed by atoms with Gasteiger partial charge in [-0.25, -0.2) is 0 Å². The van der Waals surface area contributed by atoms with E-state index in [4.69, 9.17) is 0 Å². The number of nitrogens with zero attached hydrogens (tertiary/aromatic N) is 1. The van der Waals surface area contributed by atoms with E-state index in [1.807, 2.05) is 11.8 Å². The maximum Gasteiger partial charge on any atom is 0.0233 e. The van der Waals surface area contributed by atoms with Gasteiger partial charge in [0.25, 0.3) is 0 Å². The van der Waals surface area contributed by atoms with Crippen molar-refractivity contribution in [3.8, 4) is 0 Å². The van der Waals surface area contributed by atoms with Gasteiger partial charge in [-0.05, 0) is 50.2 Å². The van der Waals surface area contributed by atoms with E-state index in [0.717, 1.165) is 19.6 Å². The maximum atomic E-state index is 3.50. The zero-order chi connectivity index (χ0) is 15.7. The number of thioether (sulfide) groups is 1. The smallest absolute Gasteiger partial charge is 0.0233 e. The Morgan fingerprint density at radius 1 is 1.19 bits per heavy atom. The van der Waals surface area contributed by atoms with Crippen molar-refractivity contribution >= 4 is 11.8 Å². The van der Waals surface area contributed by atoms with Crippen molar-refractivity contribution in [3.63, 3.8) is 0 Å². The largest absolute Gasteiger partial charge is 0.316 e. The van der Waals surface area contributed by atoms with E-state index in [2.05, 4.69) is 68.6 Å². The number of hydrogen-bond donors (Lipinski definition) is 1. The van der Waals surface area contributed by atoms with Crippen molar-refractivity contribution in [1.29, 1.82) is 0 Å². The van der Waals surface area contributed by atoms with Crippen LogP contribution in [0.4, 0.5) is 0 Å². The molecule has 1 rings (SSSR count). The zero-order valence-electron chi connectivity index (χ0n) is 14.4. The molecule has 2 unspecified atom stereocenters. The van der Waals surface area contributed by atoms with Crippen LogP contribution in [0.25, 0.3) is 0 Å². The molecule has 0 saturated carbocycles. The highest BCUT2D eigenvalue weighted by atomic mass is 32.2. The van der Waals surface area contributed by atoms with Crippen molar-refractivity contribution in [2.75, 3.05) is 32.1 Å². The molecule has 0 spiro atoms. The van der Waals surface area contributed by atoms with E-state index in [9.17, 15) is 0 Å². The summed E-state index contributed by atoms with van der Waals surface area (Å²) in [5.74, 6) is 1.77. The second-order valence-corrected chi connectivity index (χ2v) is 6.98. The average molecular weight is 309 g/mol. The van der Waals surface area contributed by atoms with Gasteiger partial charge in [-0.1, -0.05) is 38.1 Å². The second-order valence-electron chi connectivity index (χ2n) is 6.07. The zero-order valence-corrected chi connectivity index (χ0v) is 15.2. The molecule has 1 aromatic rings. The molecule has 21 heavy (non-hydrogen) atoms. The summed E-state index contributed by atoms with van der Waals surface area (Å²) < 4.78 is 0. The van der Waals surface area contributed by atoms with Crippen LogP contribution in [0.1, 0.15) is 44.2 Å². The third-order valence-corrected chi connectivity index (χ3v) is 4.83. The van der Waals surface area contributed by atoms with Crippen LogP contribution in [0.2, 0.25) is 0 Å². The van der Waals surface area contributed by atoms with Crippen LogP contribution < -0.4 is 5.32 Å². The molecule has 0 aliphatic carbocycles. The van der Waals surface area contributed by atoms with E-state index in [-0.39, 0.29) is 0 Å². The van der Waals surface area contributed by atoms with Crippen molar-refractivity contribution in [2.45, 2.75) is 45.7 Å². The first-order valence-corrected chi connectivity index (χ1v) is 9.46. The Bertz CT molecular complexity index is 377. The topological polar surface area (TPSA) is 15.3 Å². The quantitative estimate of drug-likeness (QED) is 0.658. The van der Waals surface area contributed by atoms with Gasteiger partial charge in [0.05, 0.1) is 0 Å². The van der Waals surface area contributed by atoms with Crippen molar-refractivity contribution in [1.82, 2.24) is 10.2 Å². The second kappa shape index (κ2) is 10.3. The van der Waals surface area contributed by atoms with Crippen LogP contribution in [0, 0.1) is 0 Å². The van der Waals surface area contributed by atoms with Crippen LogP contribution in [0.15, 0.2) is 24.3 Å². The summed E-state index contributed by atoms with van der Waals surface area (Å²) in [6.07, 6.45) is 3.37. The first-order chi connectivity index (χ1) is 10.1. The third-order valence-electron chi connectivity index (χ3n) is 4.02. The molecule has 0 aromatic heterocycles. The van der Waals surface area contributed by atoms with E-state index in [1.165, 1.54) is 23.3 Å². The summed E-state index contributed by atoms with van der Waals surface area (Å²) in [5.41, 5.74) is 2.84. The molecular formula is C18H32N2S. The van der Waals surface area contributed by atoms with Crippen molar-refractivity contribution in [2.24, 2.45) is 0 Å². The molecule has 0 bridgehead atoms. The Balaban J connectivity index is 2.49. The molecular weight excluding hydrogens is 276 g/mol. The molecule has 0 radical (unpaired) electrons. The summed E-state index contributed by atoms with van der Waals surface area (Å²) >= 11 is 1.92. The Morgan fingerprint density at radius 2 is 1.86 bits per heavy atom. The molecule has 0 aliphatic heterocycles. The number of rotatable bonds is 10. The molecule has 0 heterocycles. The van der Waals surface area contributed by atoms with E-state index < -0.39 is 0 Å². The summed E-state index contributed by atoms with van der Waals surface area (Å²) in [5, 5.41) is 3.50. The molecule has 0 aliphatic rings. The summed E-state index contributed by atoms with van der Waals surface area (Å²) in [4.78, 5) is 2.43. The van der Waals surface area contributed by atoms with Gasteiger partial charge in [-0.2, -0.15) is 11.8 Å². The highest BCUT2D eigenvalue weighted by Crippen LogP contribution is 2.16. The van der Waals surface area contributed by atoms with Crippen LogP contribution in [0.3, 0.4) is 0 Å². The SMILES string of the molecule is CCCNCC(C)c1ccc(CN(C)C(C)CSC)cc1. The third kappa shape index (κ3) is 6.86. The minimum Gasteiger partial charge on any atom is -0.316 e. The lowest BCUT2D eigenvalue weighted by Gasteiger charge is -2.24. The molecule has 3 heteroatoms. The van der Waals surface area contributed by atoms with Gasteiger partial charge in [-0.15, -0.1) is 0 Å². The lowest BCUT2D eigenvalue weighted by molar-refractivity contribution is 0.269. The molecule has 2 nitrogen and oxygen atoms in total. The van der Waals surface area contributed by atoms with Crippen molar-refractivity contribution in [3.05, 3.63) is 35.4 Å². The molecule has 1 aromatic carbocycles. The fraction of sp³-hybridized carbons (Fsp3) is 0.667.